The van der Waals surface area contributed by atoms with Crippen molar-refractivity contribution in [2.24, 2.45) is 0 Å². The Morgan fingerprint density at radius 3 is 2.00 bits per heavy atom. The van der Waals surface area contributed by atoms with Crippen molar-refractivity contribution < 1.29 is 21.8 Å². The molecule has 0 amide bonds. The molecule has 1 nitrogen and oxygen atoms in total. The van der Waals surface area contributed by atoms with E-state index in [2.05, 4.69) is 13.0 Å². The van der Waals surface area contributed by atoms with Crippen molar-refractivity contribution in [3.63, 3.8) is 0 Å². The van der Waals surface area contributed by atoms with E-state index in [-0.39, 0.29) is 17.1 Å². The van der Waals surface area contributed by atoms with Gasteiger partial charge in [0.25, 0.3) is 0 Å². The van der Waals surface area contributed by atoms with Gasteiger partial charge in [-0.2, -0.15) is 25.1 Å². The van der Waals surface area contributed by atoms with Gasteiger partial charge in [-0.15, -0.1) is 12.1 Å². The summed E-state index contributed by atoms with van der Waals surface area (Å²) in [4.78, 5) is 0. The van der Waals surface area contributed by atoms with Crippen LogP contribution >= 0.6 is 0 Å². The molecule has 0 heterocycles. The summed E-state index contributed by atoms with van der Waals surface area (Å²) in [5.41, 5.74) is 0. The summed E-state index contributed by atoms with van der Waals surface area (Å²) in [7, 11) is 1.65. The van der Waals surface area contributed by atoms with E-state index < -0.39 is 0 Å². The van der Waals surface area contributed by atoms with Crippen molar-refractivity contribution in [3.05, 3.63) is 37.3 Å². The van der Waals surface area contributed by atoms with Gasteiger partial charge < -0.3 is 11.7 Å². The molecule has 1 rings (SSSR count). The first kappa shape index (κ1) is 13.2. The summed E-state index contributed by atoms with van der Waals surface area (Å²) in [6.45, 7) is 5.00. The maximum atomic E-state index is 4.89. The van der Waals surface area contributed by atoms with Gasteiger partial charge in [-0.3, -0.25) is 0 Å². The Kier molecular flexibility index (Phi) is 11.4. The molecule has 1 aromatic carbocycles. The Morgan fingerprint density at radius 2 is 1.73 bits per heavy atom. The molecule has 2 heteroatoms. The van der Waals surface area contributed by atoms with Gasteiger partial charge >= 0.3 is 17.1 Å². The van der Waals surface area contributed by atoms with Gasteiger partial charge in [0.2, 0.25) is 0 Å². The van der Waals surface area contributed by atoms with Gasteiger partial charge in [-0.25, -0.2) is 0 Å². The van der Waals surface area contributed by atoms with E-state index in [0.717, 1.165) is 5.75 Å². The summed E-state index contributed by atoms with van der Waals surface area (Å²) in [5, 5.41) is 0. The normalized spacial score (nSPS) is 6.82. The second-order valence-corrected chi connectivity index (χ2v) is 1.44. The second-order valence-electron chi connectivity index (χ2n) is 1.44. The average molecular weight is 200 g/mol. The fraction of sp³-hybridized carbons (Fsp3) is 0.222. The standard InChI is InChI=1S/C7H7O.C2H5.Cu/c1-8-7-5-3-2-4-6-7;1-2;/h3-6H,1H3;1H2,2H3;/q2*-1;+2. The van der Waals surface area contributed by atoms with Crippen LogP contribution in [0.15, 0.2) is 24.3 Å². The molecule has 0 aliphatic heterocycles. The molecule has 0 N–H and O–H groups in total. The van der Waals surface area contributed by atoms with Crippen LogP contribution in [0.4, 0.5) is 0 Å². The van der Waals surface area contributed by atoms with Gasteiger partial charge in [-0.05, 0) is 0 Å². The third-order valence-electron chi connectivity index (χ3n) is 0.923. The molecule has 65 valence electrons. The minimum atomic E-state index is 0. The van der Waals surface area contributed by atoms with Gasteiger partial charge in [0.05, 0.1) is 7.11 Å². The second kappa shape index (κ2) is 9.54. The summed E-state index contributed by atoms with van der Waals surface area (Å²) in [6.07, 6.45) is 0. The van der Waals surface area contributed by atoms with E-state index in [0.29, 0.717) is 0 Å². The molecular formula is C9H12CuO. The fourth-order valence-corrected chi connectivity index (χ4v) is 0.508. The number of hydrogen-bond acceptors (Lipinski definition) is 1. The molecule has 0 atom stereocenters. The molecule has 0 bridgehead atoms. The van der Waals surface area contributed by atoms with Crippen molar-refractivity contribution in [3.8, 4) is 5.75 Å². The van der Waals surface area contributed by atoms with E-state index in [1.54, 1.807) is 14.0 Å². The predicted molar refractivity (Wildman–Crippen MR) is 42.9 cm³/mol. The van der Waals surface area contributed by atoms with E-state index >= 15 is 0 Å². The van der Waals surface area contributed by atoms with E-state index in [9.17, 15) is 0 Å². The zero-order chi connectivity index (χ0) is 7.82. The number of hydrogen-bond donors (Lipinski definition) is 0. The van der Waals surface area contributed by atoms with E-state index in [4.69, 9.17) is 4.74 Å². The average Bonchev–Trinajstić information content (AvgIpc) is 2.10. The number of ether oxygens (including phenoxy) is 1. The molecule has 0 aromatic heterocycles. The smallest absolute Gasteiger partial charge is 0.522 e. The molecule has 0 aliphatic rings. The minimum absolute atomic E-state index is 0. The molecule has 0 aliphatic carbocycles. The Morgan fingerprint density at radius 1 is 1.27 bits per heavy atom. The molecule has 0 spiro atoms. The van der Waals surface area contributed by atoms with Crippen LogP contribution in [0.3, 0.4) is 0 Å². The number of methoxy groups -OCH3 is 1. The van der Waals surface area contributed by atoms with Crippen LogP contribution in [0, 0.1) is 13.0 Å². The monoisotopic (exact) mass is 199 g/mol. The zero-order valence-electron chi connectivity index (χ0n) is 6.73. The van der Waals surface area contributed by atoms with Crippen molar-refractivity contribution >= 4 is 0 Å². The molecular weight excluding hydrogens is 188 g/mol. The van der Waals surface area contributed by atoms with Crippen LogP contribution in [0.25, 0.3) is 0 Å². The van der Waals surface area contributed by atoms with Crippen LogP contribution in [0.5, 0.6) is 5.75 Å². The first-order chi connectivity index (χ1) is 4.93. The molecule has 1 aromatic rings. The van der Waals surface area contributed by atoms with Crippen LogP contribution in [0.2, 0.25) is 0 Å². The number of rotatable bonds is 1. The van der Waals surface area contributed by atoms with Crippen LogP contribution in [-0.2, 0) is 17.1 Å². The maximum absolute atomic E-state index is 4.89. The quantitative estimate of drug-likeness (QED) is 0.499. The van der Waals surface area contributed by atoms with Crippen molar-refractivity contribution in [2.45, 2.75) is 6.92 Å². The first-order valence-electron chi connectivity index (χ1n) is 3.14. The fourth-order valence-electron chi connectivity index (χ4n) is 0.508. The van der Waals surface area contributed by atoms with Crippen molar-refractivity contribution in [1.82, 2.24) is 0 Å². The summed E-state index contributed by atoms with van der Waals surface area (Å²) in [6, 6.07) is 10.2. The third kappa shape index (κ3) is 5.96. The van der Waals surface area contributed by atoms with Crippen molar-refractivity contribution in [2.75, 3.05) is 7.11 Å². The van der Waals surface area contributed by atoms with Crippen LogP contribution in [0.1, 0.15) is 6.92 Å². The maximum Gasteiger partial charge on any atom is 2.00 e. The largest absolute Gasteiger partial charge is 2.00 e. The molecule has 0 fully saturated rings. The Labute approximate surface area is 79.2 Å². The minimum Gasteiger partial charge on any atom is -0.522 e. The number of benzene rings is 1. The molecule has 11 heavy (non-hydrogen) atoms. The Bertz CT molecular complexity index is 151. The SMILES string of the molecule is COc1cc[c-]cc1.[CH2-]C.[Cu+2]. The Hall–Kier alpha value is -0.461. The van der Waals surface area contributed by atoms with Crippen LogP contribution in [-0.4, -0.2) is 7.11 Å². The summed E-state index contributed by atoms with van der Waals surface area (Å²) in [5.74, 6) is 0.878. The predicted octanol–water partition coefficient (Wildman–Crippen LogP) is 2.33. The van der Waals surface area contributed by atoms with E-state index in [1.165, 1.54) is 0 Å². The summed E-state index contributed by atoms with van der Waals surface area (Å²) < 4.78 is 4.89. The summed E-state index contributed by atoms with van der Waals surface area (Å²) >= 11 is 0. The van der Waals surface area contributed by atoms with E-state index in [1.807, 2.05) is 24.3 Å². The molecule has 0 saturated carbocycles. The molecule has 0 saturated heterocycles. The molecule has 1 radical (unpaired) electrons. The van der Waals surface area contributed by atoms with Gasteiger partial charge in [0, 0.05) is 5.75 Å². The van der Waals surface area contributed by atoms with Gasteiger partial charge in [0.15, 0.2) is 0 Å². The molecule has 0 unspecified atom stereocenters. The van der Waals surface area contributed by atoms with Crippen molar-refractivity contribution in [1.29, 1.82) is 0 Å². The van der Waals surface area contributed by atoms with Gasteiger partial charge in [0.1, 0.15) is 0 Å². The zero-order valence-corrected chi connectivity index (χ0v) is 7.67. The first-order valence-corrected chi connectivity index (χ1v) is 3.14. The topological polar surface area (TPSA) is 9.23 Å². The van der Waals surface area contributed by atoms with Gasteiger partial charge in [-0.1, -0.05) is 0 Å². The Balaban J connectivity index is 0. The third-order valence-corrected chi connectivity index (χ3v) is 0.923. The van der Waals surface area contributed by atoms with Crippen LogP contribution < -0.4 is 4.74 Å².